The van der Waals surface area contributed by atoms with Crippen LogP contribution in [0.2, 0.25) is 0 Å². The quantitative estimate of drug-likeness (QED) is 0.786. The van der Waals surface area contributed by atoms with E-state index in [1.807, 2.05) is 30.3 Å². The van der Waals surface area contributed by atoms with E-state index in [2.05, 4.69) is 0 Å². The molecule has 3 atom stereocenters. The fraction of sp³-hybridized carbons (Fsp3) is 0.500. The number of hydrogen-bond acceptors (Lipinski definition) is 4. The lowest BCUT2D eigenvalue weighted by molar-refractivity contribution is -0.160. The van der Waals surface area contributed by atoms with E-state index in [-0.39, 0.29) is 5.97 Å². The minimum Gasteiger partial charge on any atom is -0.460 e. The van der Waals surface area contributed by atoms with Crippen molar-refractivity contribution in [1.29, 1.82) is 0 Å². The van der Waals surface area contributed by atoms with Gasteiger partial charge in [-0.1, -0.05) is 30.3 Å². The highest BCUT2D eigenvalue weighted by Crippen LogP contribution is 2.12. The van der Waals surface area contributed by atoms with Crippen molar-refractivity contribution in [3.63, 3.8) is 0 Å². The molecule has 0 aliphatic rings. The summed E-state index contributed by atoms with van der Waals surface area (Å²) < 4.78 is 10.7. The van der Waals surface area contributed by atoms with Gasteiger partial charge >= 0.3 is 5.97 Å². The maximum atomic E-state index is 10.9. The van der Waals surface area contributed by atoms with Gasteiger partial charge in [-0.2, -0.15) is 0 Å². The highest BCUT2D eigenvalue weighted by atomic mass is 16.6. The molecule has 0 radical (unpaired) electrons. The molecule has 18 heavy (non-hydrogen) atoms. The van der Waals surface area contributed by atoms with Crippen molar-refractivity contribution in [2.45, 2.75) is 45.7 Å². The zero-order valence-electron chi connectivity index (χ0n) is 11.0. The average Bonchev–Trinajstić information content (AvgIpc) is 2.29. The normalized spacial score (nSPS) is 15.8. The fourth-order valence-electron chi connectivity index (χ4n) is 1.76. The largest absolute Gasteiger partial charge is 0.460 e. The van der Waals surface area contributed by atoms with Gasteiger partial charge in [0.15, 0.2) is 0 Å². The molecule has 0 aliphatic carbocycles. The summed E-state index contributed by atoms with van der Waals surface area (Å²) in [6.07, 6.45) is -1.72. The fourth-order valence-corrected chi connectivity index (χ4v) is 1.76. The van der Waals surface area contributed by atoms with Crippen LogP contribution in [0, 0.1) is 0 Å². The molecular weight excluding hydrogens is 232 g/mol. The van der Waals surface area contributed by atoms with E-state index >= 15 is 0 Å². The number of esters is 1. The van der Waals surface area contributed by atoms with E-state index < -0.39 is 18.3 Å². The van der Waals surface area contributed by atoms with Gasteiger partial charge in [0.2, 0.25) is 0 Å². The van der Waals surface area contributed by atoms with E-state index in [9.17, 15) is 9.90 Å². The summed E-state index contributed by atoms with van der Waals surface area (Å²) in [6.45, 7) is 5.05. The van der Waals surface area contributed by atoms with Crippen molar-refractivity contribution in [3.05, 3.63) is 35.9 Å². The van der Waals surface area contributed by atoms with Crippen LogP contribution in [0.4, 0.5) is 0 Å². The summed E-state index contributed by atoms with van der Waals surface area (Å²) in [5, 5.41) is 9.66. The molecule has 1 N–H and O–H groups in total. The van der Waals surface area contributed by atoms with Gasteiger partial charge in [-0.25, -0.2) is 0 Å². The monoisotopic (exact) mass is 252 g/mol. The highest BCUT2D eigenvalue weighted by Gasteiger charge is 2.25. The molecule has 0 bridgehead atoms. The number of rotatable bonds is 6. The Morgan fingerprint density at radius 3 is 2.39 bits per heavy atom. The van der Waals surface area contributed by atoms with E-state index in [0.717, 1.165) is 5.56 Å². The molecule has 1 aromatic carbocycles. The predicted molar refractivity (Wildman–Crippen MR) is 67.9 cm³/mol. The number of ether oxygens (including phenoxy) is 2. The van der Waals surface area contributed by atoms with E-state index in [1.165, 1.54) is 6.92 Å². The van der Waals surface area contributed by atoms with E-state index in [4.69, 9.17) is 9.47 Å². The molecule has 0 spiro atoms. The highest BCUT2D eigenvalue weighted by molar-refractivity contribution is 5.66. The van der Waals surface area contributed by atoms with Crippen LogP contribution in [-0.4, -0.2) is 29.4 Å². The number of benzene rings is 1. The summed E-state index contributed by atoms with van der Waals surface area (Å²) in [7, 11) is 0. The number of hydrogen-bond donors (Lipinski definition) is 1. The van der Waals surface area contributed by atoms with Gasteiger partial charge in [0.1, 0.15) is 12.2 Å². The molecule has 0 aromatic heterocycles. The van der Waals surface area contributed by atoms with Crippen LogP contribution >= 0.6 is 0 Å². The number of aliphatic hydroxyl groups excluding tert-OH is 1. The van der Waals surface area contributed by atoms with Gasteiger partial charge in [0.05, 0.1) is 12.7 Å². The first-order valence-corrected chi connectivity index (χ1v) is 6.01. The smallest absolute Gasteiger partial charge is 0.302 e. The van der Waals surface area contributed by atoms with Crippen molar-refractivity contribution < 1.29 is 19.4 Å². The average molecular weight is 252 g/mol. The number of carbonyl (C=O) groups is 1. The van der Waals surface area contributed by atoms with Gasteiger partial charge in [-0.15, -0.1) is 0 Å². The standard InChI is InChI=1S/C14H20O4/c1-10(15)14(11(2)18-12(3)16)17-9-13-7-5-4-6-8-13/h4-8,10-11,14-15H,9H2,1-3H3/t10-,11+,14-/m0/s1. The molecule has 1 rings (SSSR count). The lowest BCUT2D eigenvalue weighted by Gasteiger charge is -2.26. The second-order valence-corrected chi connectivity index (χ2v) is 4.32. The van der Waals surface area contributed by atoms with Crippen LogP contribution in [0.1, 0.15) is 26.3 Å². The second kappa shape index (κ2) is 7.13. The number of aliphatic hydroxyl groups is 1. The Labute approximate surface area is 108 Å². The Hall–Kier alpha value is -1.39. The Morgan fingerprint density at radius 2 is 1.89 bits per heavy atom. The van der Waals surface area contributed by atoms with Crippen LogP contribution in [-0.2, 0) is 20.9 Å². The zero-order valence-corrected chi connectivity index (χ0v) is 11.0. The lowest BCUT2D eigenvalue weighted by atomic mass is 10.1. The van der Waals surface area contributed by atoms with Crippen LogP contribution in [0.5, 0.6) is 0 Å². The van der Waals surface area contributed by atoms with Gasteiger partial charge in [-0.05, 0) is 19.4 Å². The van der Waals surface area contributed by atoms with E-state index in [1.54, 1.807) is 13.8 Å². The Balaban J connectivity index is 2.55. The molecule has 0 heterocycles. The zero-order chi connectivity index (χ0) is 13.5. The molecule has 100 valence electrons. The topological polar surface area (TPSA) is 55.8 Å². The molecule has 0 aliphatic heterocycles. The Bertz CT molecular complexity index is 361. The van der Waals surface area contributed by atoms with Gasteiger partial charge in [0.25, 0.3) is 0 Å². The lowest BCUT2D eigenvalue weighted by Crippen LogP contribution is -2.38. The summed E-state index contributed by atoms with van der Waals surface area (Å²) in [4.78, 5) is 10.9. The minimum absolute atomic E-state index is 0.377. The molecular formula is C14H20O4. The van der Waals surface area contributed by atoms with Gasteiger partial charge in [-0.3, -0.25) is 4.79 Å². The molecule has 0 unspecified atom stereocenters. The third-order valence-corrected chi connectivity index (χ3v) is 2.58. The molecule has 4 heteroatoms. The third kappa shape index (κ3) is 4.85. The second-order valence-electron chi connectivity index (χ2n) is 4.32. The molecule has 0 fully saturated rings. The SMILES string of the molecule is CC(=O)O[C@H](C)[C@@H](OCc1ccccc1)[C@H](C)O. The summed E-state index contributed by atoms with van der Waals surface area (Å²) in [6, 6.07) is 9.65. The van der Waals surface area contributed by atoms with Crippen molar-refractivity contribution in [1.82, 2.24) is 0 Å². The Kier molecular flexibility index (Phi) is 5.82. The maximum Gasteiger partial charge on any atom is 0.302 e. The summed E-state index contributed by atoms with van der Waals surface area (Å²) in [5.41, 5.74) is 1.01. The third-order valence-electron chi connectivity index (χ3n) is 2.58. The first-order valence-electron chi connectivity index (χ1n) is 6.01. The minimum atomic E-state index is -0.705. The van der Waals surface area contributed by atoms with Crippen LogP contribution in [0.25, 0.3) is 0 Å². The van der Waals surface area contributed by atoms with Crippen molar-refractivity contribution >= 4 is 5.97 Å². The predicted octanol–water partition coefficient (Wildman–Crippen LogP) is 1.90. The van der Waals surface area contributed by atoms with Gasteiger partial charge < -0.3 is 14.6 Å². The van der Waals surface area contributed by atoms with Crippen molar-refractivity contribution in [3.8, 4) is 0 Å². The van der Waals surface area contributed by atoms with Gasteiger partial charge in [0, 0.05) is 6.92 Å². The van der Waals surface area contributed by atoms with Crippen molar-refractivity contribution in [2.75, 3.05) is 0 Å². The summed E-state index contributed by atoms with van der Waals surface area (Å²) >= 11 is 0. The van der Waals surface area contributed by atoms with Crippen molar-refractivity contribution in [2.24, 2.45) is 0 Å². The maximum absolute atomic E-state index is 10.9. The summed E-state index contributed by atoms with van der Waals surface area (Å²) in [5.74, 6) is -0.378. The first kappa shape index (κ1) is 14.7. The molecule has 0 amide bonds. The molecule has 0 saturated carbocycles. The Morgan fingerprint density at radius 1 is 1.28 bits per heavy atom. The van der Waals surface area contributed by atoms with Crippen LogP contribution in [0.3, 0.4) is 0 Å². The molecule has 4 nitrogen and oxygen atoms in total. The first-order chi connectivity index (χ1) is 8.50. The van der Waals surface area contributed by atoms with Crippen LogP contribution in [0.15, 0.2) is 30.3 Å². The van der Waals surface area contributed by atoms with E-state index in [0.29, 0.717) is 6.61 Å². The molecule has 1 aromatic rings. The number of carbonyl (C=O) groups excluding carboxylic acids is 1. The van der Waals surface area contributed by atoms with Crippen LogP contribution < -0.4 is 0 Å². The molecule has 0 saturated heterocycles.